The van der Waals surface area contributed by atoms with Gasteiger partial charge in [-0.15, -0.1) is 0 Å². The van der Waals surface area contributed by atoms with Crippen molar-refractivity contribution in [2.45, 2.75) is 13.1 Å². The third kappa shape index (κ3) is 5.64. The maximum absolute atomic E-state index is 13.2. The quantitative estimate of drug-likeness (QED) is 0.267. The molecular weight excluding hydrogens is 491 g/mol. The number of carbonyl (C=O) groups is 1. The molecule has 13 heteroatoms. The molecular formula is C24H18F3N7O3. The van der Waals surface area contributed by atoms with Crippen molar-refractivity contribution >= 4 is 23.3 Å². The van der Waals surface area contributed by atoms with Gasteiger partial charge in [0.15, 0.2) is 17.2 Å². The van der Waals surface area contributed by atoms with E-state index in [1.54, 1.807) is 19.1 Å². The van der Waals surface area contributed by atoms with Crippen LogP contribution < -0.4 is 10.1 Å². The number of esters is 1. The lowest BCUT2D eigenvalue weighted by Crippen LogP contribution is -2.10. The summed E-state index contributed by atoms with van der Waals surface area (Å²) in [6, 6.07) is 6.97. The molecule has 0 saturated heterocycles. The lowest BCUT2D eigenvalue weighted by molar-refractivity contribution is -0.141. The Morgan fingerprint density at radius 3 is 2.68 bits per heavy atom. The van der Waals surface area contributed by atoms with Gasteiger partial charge in [-0.05, 0) is 31.2 Å². The fourth-order valence-electron chi connectivity index (χ4n) is 3.28. The lowest BCUT2D eigenvalue weighted by Gasteiger charge is -2.13. The number of methoxy groups -OCH3 is 1. The minimum Gasteiger partial charge on any atom is -0.498 e. The van der Waals surface area contributed by atoms with Crippen molar-refractivity contribution in [1.82, 2.24) is 24.7 Å². The molecule has 0 aliphatic rings. The highest BCUT2D eigenvalue weighted by atomic mass is 19.4. The van der Waals surface area contributed by atoms with E-state index in [9.17, 15) is 18.0 Å². The van der Waals surface area contributed by atoms with E-state index >= 15 is 0 Å². The first-order valence-electron chi connectivity index (χ1n) is 10.7. The number of hydrogen-bond acceptors (Lipinski definition) is 8. The summed E-state index contributed by atoms with van der Waals surface area (Å²) in [4.78, 5) is 28.3. The molecule has 0 unspecified atom stereocenters. The zero-order chi connectivity index (χ0) is 26.6. The van der Waals surface area contributed by atoms with Crippen molar-refractivity contribution in [2.24, 2.45) is 0 Å². The maximum Gasteiger partial charge on any atom is 0.435 e. The maximum atomic E-state index is 13.2. The number of ether oxygens (including phenoxy) is 2. The van der Waals surface area contributed by atoms with E-state index in [-0.39, 0.29) is 29.5 Å². The first-order valence-corrected chi connectivity index (χ1v) is 10.7. The van der Waals surface area contributed by atoms with E-state index < -0.39 is 17.8 Å². The Kier molecular flexibility index (Phi) is 7.01. The number of nitrogens with one attached hydrogen (secondary N) is 1. The number of rotatable bonds is 7. The molecule has 0 atom stereocenters. The highest BCUT2D eigenvalue weighted by molar-refractivity contribution is 5.91. The molecule has 0 saturated carbocycles. The average molecular weight is 509 g/mol. The van der Waals surface area contributed by atoms with Gasteiger partial charge in [-0.25, -0.2) is 19.3 Å². The van der Waals surface area contributed by atoms with E-state index in [0.29, 0.717) is 22.7 Å². The van der Waals surface area contributed by atoms with Gasteiger partial charge < -0.3 is 14.8 Å². The Morgan fingerprint density at radius 1 is 1.19 bits per heavy atom. The summed E-state index contributed by atoms with van der Waals surface area (Å²) in [6.07, 6.45) is 0.536. The topological polar surface area (TPSA) is 108 Å². The number of hydrogen-bond donors (Lipinski definition) is 1. The molecule has 10 nitrogen and oxygen atoms in total. The summed E-state index contributed by atoms with van der Waals surface area (Å²) >= 11 is 0. The van der Waals surface area contributed by atoms with Crippen LogP contribution in [0.4, 0.5) is 30.5 Å². The number of pyridine rings is 1. The van der Waals surface area contributed by atoms with Crippen LogP contribution in [-0.2, 0) is 10.9 Å². The minimum absolute atomic E-state index is 0.0101. The lowest BCUT2D eigenvalue weighted by atomic mass is 10.1. The van der Waals surface area contributed by atoms with Crippen molar-refractivity contribution in [3.63, 3.8) is 0 Å². The second kappa shape index (κ2) is 10.3. The van der Waals surface area contributed by atoms with E-state index in [4.69, 9.17) is 16.0 Å². The van der Waals surface area contributed by atoms with Gasteiger partial charge in [0.1, 0.15) is 5.75 Å². The highest BCUT2D eigenvalue weighted by Crippen LogP contribution is 2.32. The monoisotopic (exact) mass is 509 g/mol. The van der Waals surface area contributed by atoms with Gasteiger partial charge in [-0.1, -0.05) is 0 Å². The molecule has 0 aliphatic heterocycles. The Bertz CT molecular complexity index is 1500. The molecule has 0 radical (unpaired) electrons. The third-order valence-electron chi connectivity index (χ3n) is 4.94. The summed E-state index contributed by atoms with van der Waals surface area (Å²) in [6.45, 7) is 9.07. The van der Waals surface area contributed by atoms with Crippen molar-refractivity contribution in [1.29, 1.82) is 0 Å². The summed E-state index contributed by atoms with van der Waals surface area (Å²) in [5.74, 6) is -0.188. The first kappa shape index (κ1) is 25.1. The molecule has 3 heterocycles. The molecule has 1 aromatic carbocycles. The minimum atomic E-state index is -4.67. The van der Waals surface area contributed by atoms with Crippen LogP contribution in [-0.4, -0.2) is 44.4 Å². The van der Waals surface area contributed by atoms with Crippen molar-refractivity contribution < 1.29 is 27.4 Å². The molecule has 0 spiro atoms. The van der Waals surface area contributed by atoms with Crippen LogP contribution >= 0.6 is 0 Å². The fourth-order valence-corrected chi connectivity index (χ4v) is 3.28. The molecule has 3 aromatic heterocycles. The highest BCUT2D eigenvalue weighted by Gasteiger charge is 2.34. The third-order valence-corrected chi connectivity index (χ3v) is 4.94. The molecule has 0 amide bonds. The fraction of sp³-hybridized carbons (Fsp3) is 0.167. The first-order chi connectivity index (χ1) is 17.7. The number of aromatic nitrogens is 5. The van der Waals surface area contributed by atoms with Crippen LogP contribution in [0.25, 0.3) is 21.8 Å². The Hall–Kier alpha value is -4.99. The van der Waals surface area contributed by atoms with Gasteiger partial charge in [-0.2, -0.15) is 23.3 Å². The average Bonchev–Trinajstić information content (AvgIpc) is 3.40. The SMILES string of the molecule is [C-]#[N+]c1cc(Nc2ncc(-c3cncc(C(=O)OCC)c3)c(-n3ccc(C(F)(F)F)n3)n2)cc(OC)c1. The van der Waals surface area contributed by atoms with Crippen molar-refractivity contribution in [2.75, 3.05) is 19.0 Å². The van der Waals surface area contributed by atoms with E-state index in [0.717, 1.165) is 16.9 Å². The van der Waals surface area contributed by atoms with E-state index in [1.165, 1.54) is 37.8 Å². The molecule has 4 aromatic rings. The second-order valence-electron chi connectivity index (χ2n) is 7.41. The van der Waals surface area contributed by atoms with Crippen LogP contribution in [0.1, 0.15) is 23.0 Å². The Balaban J connectivity index is 1.81. The van der Waals surface area contributed by atoms with Gasteiger partial charge in [0, 0.05) is 47.7 Å². The number of nitrogens with zero attached hydrogens (tertiary/aromatic N) is 6. The largest absolute Gasteiger partial charge is 0.498 e. The van der Waals surface area contributed by atoms with Crippen LogP contribution in [0.3, 0.4) is 0 Å². The zero-order valence-corrected chi connectivity index (χ0v) is 19.4. The molecule has 4 rings (SSSR count). The van der Waals surface area contributed by atoms with E-state index in [2.05, 4.69) is 30.2 Å². The predicted octanol–water partition coefficient (Wildman–Crippen LogP) is 5.22. The number of carbonyl (C=O) groups excluding carboxylic acids is 1. The molecule has 0 aliphatic carbocycles. The predicted molar refractivity (Wildman–Crippen MR) is 126 cm³/mol. The zero-order valence-electron chi connectivity index (χ0n) is 19.4. The second-order valence-corrected chi connectivity index (χ2v) is 7.41. The van der Waals surface area contributed by atoms with Crippen LogP contribution in [0.5, 0.6) is 5.75 Å². The van der Waals surface area contributed by atoms with Crippen LogP contribution in [0, 0.1) is 6.57 Å². The molecule has 188 valence electrons. The van der Waals surface area contributed by atoms with Crippen LogP contribution in [0.2, 0.25) is 0 Å². The molecule has 37 heavy (non-hydrogen) atoms. The van der Waals surface area contributed by atoms with Crippen molar-refractivity contribution in [3.05, 3.63) is 77.8 Å². The molecule has 1 N–H and O–H groups in total. The normalized spacial score (nSPS) is 11.0. The summed E-state index contributed by atoms with van der Waals surface area (Å²) in [7, 11) is 1.45. The van der Waals surface area contributed by atoms with Gasteiger partial charge in [-0.3, -0.25) is 4.98 Å². The summed E-state index contributed by atoms with van der Waals surface area (Å²) in [5.41, 5.74) is 0.363. The number of halogens is 3. The van der Waals surface area contributed by atoms with Crippen LogP contribution in [0.15, 0.2) is 55.1 Å². The van der Waals surface area contributed by atoms with Gasteiger partial charge in [0.2, 0.25) is 5.95 Å². The summed E-state index contributed by atoms with van der Waals surface area (Å²) < 4.78 is 50.9. The van der Waals surface area contributed by atoms with E-state index in [1.807, 2.05) is 0 Å². The molecule has 0 bridgehead atoms. The summed E-state index contributed by atoms with van der Waals surface area (Å²) in [5, 5.41) is 6.56. The number of anilines is 2. The standard InChI is InChI=1S/C24H18F3N7O3/c1-4-37-22(35)15-7-14(11-29-12-15)19-13-30-23(31-17-8-16(28-2)9-18(10-17)36-3)32-21(19)34-6-5-20(33-34)24(25,26)27/h5-13H,4H2,1,3H3,(H,30,31,32). The number of benzene rings is 1. The number of alkyl halides is 3. The van der Waals surface area contributed by atoms with Crippen molar-refractivity contribution in [3.8, 4) is 22.7 Å². The van der Waals surface area contributed by atoms with Gasteiger partial charge in [0.25, 0.3) is 0 Å². The molecule has 0 fully saturated rings. The Labute approximate surface area is 208 Å². The smallest absolute Gasteiger partial charge is 0.435 e. The Morgan fingerprint density at radius 2 is 2.00 bits per heavy atom. The van der Waals surface area contributed by atoms with Gasteiger partial charge in [0.05, 0.1) is 25.9 Å². The van der Waals surface area contributed by atoms with Gasteiger partial charge >= 0.3 is 12.1 Å².